The van der Waals surface area contributed by atoms with Gasteiger partial charge in [0, 0.05) is 20.8 Å². The van der Waals surface area contributed by atoms with E-state index < -0.39 is 8.80 Å². The van der Waals surface area contributed by atoms with Crippen molar-refractivity contribution in [3.63, 3.8) is 0 Å². The summed E-state index contributed by atoms with van der Waals surface area (Å²) in [5, 5.41) is 0. The molecule has 0 heterocycles. The largest absolute Gasteiger partial charge is 0.498 e. The number of rotatable bonds is 5. The first kappa shape index (κ1) is 11.1. The molecule has 4 nitrogen and oxygen atoms in total. The molecule has 0 radical (unpaired) electrons. The van der Waals surface area contributed by atoms with Crippen LogP contribution in [0.4, 0.5) is 0 Å². The van der Waals surface area contributed by atoms with E-state index in [0.717, 1.165) is 6.42 Å². The first-order valence-corrected chi connectivity index (χ1v) is 5.84. The third-order valence-electron chi connectivity index (χ3n) is 1.51. The van der Waals surface area contributed by atoms with Crippen molar-refractivity contribution in [1.29, 1.82) is 0 Å². The minimum Gasteiger partial charge on any atom is -0.377 e. The van der Waals surface area contributed by atoms with Gasteiger partial charge in [-0.3, -0.25) is 0 Å². The molecule has 0 saturated carbocycles. The lowest BCUT2D eigenvalue weighted by atomic mass is 10.5. The fourth-order valence-corrected chi connectivity index (χ4v) is 1.61. The quantitative estimate of drug-likeness (QED) is 0.495. The Kier molecular flexibility index (Phi) is 4.86. The van der Waals surface area contributed by atoms with Gasteiger partial charge in [-0.15, -0.1) is 0 Å². The molecular weight excluding hydrogens is 162 g/mol. The van der Waals surface area contributed by atoms with Crippen molar-refractivity contribution in [2.45, 2.75) is 26.1 Å². The van der Waals surface area contributed by atoms with Gasteiger partial charge < -0.3 is 19.0 Å². The van der Waals surface area contributed by atoms with Crippen molar-refractivity contribution in [1.82, 2.24) is 0 Å². The van der Waals surface area contributed by atoms with Gasteiger partial charge in [-0.1, -0.05) is 6.92 Å². The van der Waals surface area contributed by atoms with E-state index in [1.165, 1.54) is 0 Å². The molecule has 5 heteroatoms. The van der Waals surface area contributed by atoms with E-state index in [1.807, 2.05) is 13.5 Å². The molecular formula is C6H17NO3Si. The highest BCUT2D eigenvalue weighted by molar-refractivity contribution is 6.59. The minimum atomic E-state index is -2.41. The third-order valence-corrected chi connectivity index (χ3v) is 3.72. The van der Waals surface area contributed by atoms with E-state index in [-0.39, 0.29) is 6.23 Å². The molecule has 11 heavy (non-hydrogen) atoms. The normalized spacial score (nSPS) is 15.0. The lowest BCUT2D eigenvalue weighted by Gasteiger charge is -2.25. The van der Waals surface area contributed by atoms with Crippen molar-refractivity contribution in [2.75, 3.05) is 14.2 Å². The average molecular weight is 179 g/mol. The first-order valence-electron chi connectivity index (χ1n) is 3.61. The van der Waals surface area contributed by atoms with Crippen molar-refractivity contribution in [3.8, 4) is 0 Å². The van der Waals surface area contributed by atoms with Crippen LogP contribution >= 0.6 is 0 Å². The first-order chi connectivity index (χ1) is 5.08. The maximum atomic E-state index is 5.56. The predicted molar refractivity (Wildman–Crippen MR) is 45.0 cm³/mol. The maximum Gasteiger partial charge on any atom is 0.498 e. The van der Waals surface area contributed by atoms with Gasteiger partial charge in [-0.2, -0.15) is 0 Å². The van der Waals surface area contributed by atoms with Crippen LogP contribution in [0.25, 0.3) is 0 Å². The highest BCUT2D eigenvalue weighted by atomic mass is 28.4. The summed E-state index contributed by atoms with van der Waals surface area (Å²) in [5.74, 6) is 0. The predicted octanol–water partition coefficient (Wildman–Crippen LogP) is 0.559. The molecule has 0 saturated heterocycles. The molecule has 0 rings (SSSR count). The molecule has 0 aromatic carbocycles. The summed E-state index contributed by atoms with van der Waals surface area (Å²) in [6, 6.07) is 0. The second-order valence-electron chi connectivity index (χ2n) is 2.34. The molecule has 0 fully saturated rings. The third kappa shape index (κ3) is 3.83. The second kappa shape index (κ2) is 4.84. The van der Waals surface area contributed by atoms with Gasteiger partial charge in [0.05, 0.1) is 6.23 Å². The van der Waals surface area contributed by atoms with Crippen LogP contribution in [0.2, 0.25) is 6.55 Å². The van der Waals surface area contributed by atoms with E-state index in [4.69, 9.17) is 19.0 Å². The Morgan fingerprint density at radius 3 is 2.09 bits per heavy atom. The van der Waals surface area contributed by atoms with Crippen molar-refractivity contribution >= 4 is 8.80 Å². The molecule has 0 aromatic heterocycles. The second-order valence-corrected chi connectivity index (χ2v) is 5.11. The summed E-state index contributed by atoms with van der Waals surface area (Å²) >= 11 is 0. The molecule has 0 spiro atoms. The molecule has 0 aliphatic carbocycles. The summed E-state index contributed by atoms with van der Waals surface area (Å²) in [5.41, 5.74) is 5.56. The van der Waals surface area contributed by atoms with Crippen LogP contribution in [0, 0.1) is 0 Å². The number of nitrogens with two attached hydrogens (primary N) is 1. The molecule has 0 aliphatic heterocycles. The Bertz CT molecular complexity index is 108. The van der Waals surface area contributed by atoms with Crippen LogP contribution in [-0.2, 0) is 13.3 Å². The number of hydrogen-bond acceptors (Lipinski definition) is 4. The maximum absolute atomic E-state index is 5.56. The Balaban J connectivity index is 3.86. The molecule has 0 aromatic rings. The molecule has 0 bridgehead atoms. The van der Waals surface area contributed by atoms with Gasteiger partial charge in [0.25, 0.3) is 0 Å². The van der Waals surface area contributed by atoms with Crippen LogP contribution in [0.1, 0.15) is 13.3 Å². The smallest absolute Gasteiger partial charge is 0.377 e. The van der Waals surface area contributed by atoms with Gasteiger partial charge in [0.2, 0.25) is 0 Å². The highest BCUT2D eigenvalue weighted by Crippen LogP contribution is 2.08. The Morgan fingerprint density at radius 1 is 1.36 bits per heavy atom. The monoisotopic (exact) mass is 179 g/mol. The molecule has 68 valence electrons. The van der Waals surface area contributed by atoms with Gasteiger partial charge in [0.1, 0.15) is 0 Å². The van der Waals surface area contributed by atoms with Crippen LogP contribution in [-0.4, -0.2) is 29.3 Å². The van der Waals surface area contributed by atoms with E-state index in [1.54, 1.807) is 14.2 Å². The molecule has 0 amide bonds. The summed E-state index contributed by atoms with van der Waals surface area (Å²) in [4.78, 5) is 0. The summed E-state index contributed by atoms with van der Waals surface area (Å²) in [6.45, 7) is 3.76. The minimum absolute atomic E-state index is 0.286. The molecule has 1 unspecified atom stereocenters. The van der Waals surface area contributed by atoms with Crippen LogP contribution in [0.5, 0.6) is 0 Å². The van der Waals surface area contributed by atoms with Crippen molar-refractivity contribution < 1.29 is 13.3 Å². The Morgan fingerprint density at radius 2 is 1.82 bits per heavy atom. The lowest BCUT2D eigenvalue weighted by Crippen LogP contribution is -2.46. The van der Waals surface area contributed by atoms with E-state index in [9.17, 15) is 0 Å². The molecule has 0 aliphatic rings. The van der Waals surface area contributed by atoms with E-state index in [0.29, 0.717) is 0 Å². The average Bonchev–Trinajstić information content (AvgIpc) is 2.04. The van der Waals surface area contributed by atoms with Gasteiger partial charge in [-0.05, 0) is 6.42 Å². The fraction of sp³-hybridized carbons (Fsp3) is 1.00. The van der Waals surface area contributed by atoms with Crippen molar-refractivity contribution in [2.24, 2.45) is 5.73 Å². The summed E-state index contributed by atoms with van der Waals surface area (Å²) in [7, 11) is 0.729. The van der Waals surface area contributed by atoms with Gasteiger partial charge in [0.15, 0.2) is 0 Å². The van der Waals surface area contributed by atoms with E-state index in [2.05, 4.69) is 0 Å². The zero-order valence-electron chi connectivity index (χ0n) is 7.59. The van der Waals surface area contributed by atoms with Crippen molar-refractivity contribution in [3.05, 3.63) is 0 Å². The zero-order valence-corrected chi connectivity index (χ0v) is 8.59. The highest BCUT2D eigenvalue weighted by Gasteiger charge is 2.33. The van der Waals surface area contributed by atoms with Crippen LogP contribution in [0.15, 0.2) is 0 Å². The summed E-state index contributed by atoms with van der Waals surface area (Å²) in [6.07, 6.45) is 0.474. The molecule has 1 atom stereocenters. The fourth-order valence-electron chi connectivity index (χ4n) is 0.538. The van der Waals surface area contributed by atoms with Gasteiger partial charge in [-0.25, -0.2) is 0 Å². The SMILES string of the molecule is CCC(N)O[Si](C)(OC)OC. The Hall–Kier alpha value is 0.0569. The van der Waals surface area contributed by atoms with Crippen LogP contribution in [0.3, 0.4) is 0 Å². The van der Waals surface area contributed by atoms with E-state index >= 15 is 0 Å². The summed E-state index contributed by atoms with van der Waals surface area (Å²) < 4.78 is 15.5. The number of hydrogen-bond donors (Lipinski definition) is 1. The topological polar surface area (TPSA) is 53.7 Å². The van der Waals surface area contributed by atoms with Gasteiger partial charge >= 0.3 is 8.80 Å². The molecule has 2 N–H and O–H groups in total. The zero-order chi connectivity index (χ0) is 8.91. The Labute approximate surface area is 69.0 Å². The standard InChI is InChI=1S/C6H17NO3Si/c1-5-6(7)10-11(4,8-2)9-3/h6H,5,7H2,1-4H3. The lowest BCUT2D eigenvalue weighted by molar-refractivity contribution is 0.0621. The van der Waals surface area contributed by atoms with Crippen LogP contribution < -0.4 is 5.73 Å².